The van der Waals surface area contributed by atoms with Gasteiger partial charge in [0.25, 0.3) is 5.91 Å². The van der Waals surface area contributed by atoms with Crippen LogP contribution < -0.4 is 5.32 Å². The first-order chi connectivity index (χ1) is 7.81. The van der Waals surface area contributed by atoms with E-state index in [4.69, 9.17) is 0 Å². The molecule has 0 radical (unpaired) electrons. The fourth-order valence-corrected chi connectivity index (χ4v) is 2.25. The van der Waals surface area contributed by atoms with Crippen LogP contribution in [0.3, 0.4) is 0 Å². The molecule has 1 amide bonds. The van der Waals surface area contributed by atoms with Crippen LogP contribution in [-0.2, 0) is 0 Å². The fourth-order valence-electron chi connectivity index (χ4n) is 2.25. The maximum Gasteiger partial charge on any atom is 0.271 e. The Morgan fingerprint density at radius 1 is 1.75 bits per heavy atom. The van der Waals surface area contributed by atoms with E-state index in [1.54, 1.807) is 12.3 Å². The van der Waals surface area contributed by atoms with E-state index < -0.39 is 0 Å². The van der Waals surface area contributed by atoms with E-state index in [1.165, 1.54) is 6.42 Å². The number of nitrogens with zero attached hydrogens (tertiary/aromatic N) is 2. The molecule has 0 aromatic carbocycles. The third-order valence-electron chi connectivity index (χ3n) is 3.03. The third-order valence-corrected chi connectivity index (χ3v) is 3.03. The number of amides is 1. The summed E-state index contributed by atoms with van der Waals surface area (Å²) in [6.45, 7) is 2.68. The number of piperidine rings is 1. The zero-order valence-corrected chi connectivity index (χ0v) is 9.57. The van der Waals surface area contributed by atoms with Gasteiger partial charge in [-0.3, -0.25) is 9.89 Å². The molecule has 0 aliphatic carbocycles. The lowest BCUT2D eigenvalue weighted by Crippen LogP contribution is -2.42. The van der Waals surface area contributed by atoms with Gasteiger partial charge in [0, 0.05) is 19.3 Å². The van der Waals surface area contributed by atoms with Crippen LogP contribution in [0.15, 0.2) is 12.3 Å². The molecule has 1 aromatic rings. The molecule has 0 spiro atoms. The minimum atomic E-state index is 0.0679. The Hall–Kier alpha value is -1.36. The molecule has 2 N–H and O–H groups in total. The van der Waals surface area contributed by atoms with Crippen LogP contribution in [0.4, 0.5) is 0 Å². The summed E-state index contributed by atoms with van der Waals surface area (Å²) in [7, 11) is 1.95. The average molecular weight is 222 g/mol. The Labute approximate surface area is 95.2 Å². The fraction of sp³-hybridized carbons (Fsp3) is 0.636. The molecule has 16 heavy (non-hydrogen) atoms. The van der Waals surface area contributed by atoms with Gasteiger partial charge in [-0.25, -0.2) is 0 Å². The van der Waals surface area contributed by atoms with Crippen LogP contribution in [-0.4, -0.2) is 47.7 Å². The first-order valence-corrected chi connectivity index (χ1v) is 5.74. The first-order valence-electron chi connectivity index (χ1n) is 5.74. The van der Waals surface area contributed by atoms with Gasteiger partial charge in [-0.1, -0.05) is 0 Å². The van der Waals surface area contributed by atoms with Gasteiger partial charge < -0.3 is 10.2 Å². The summed E-state index contributed by atoms with van der Waals surface area (Å²) < 4.78 is 0. The summed E-state index contributed by atoms with van der Waals surface area (Å²) in [5, 5.41) is 9.71. The van der Waals surface area contributed by atoms with Crippen LogP contribution in [0.5, 0.6) is 0 Å². The van der Waals surface area contributed by atoms with Crippen molar-refractivity contribution in [3.8, 4) is 0 Å². The zero-order valence-electron chi connectivity index (χ0n) is 9.57. The number of H-pyrrole nitrogens is 1. The monoisotopic (exact) mass is 222 g/mol. The van der Waals surface area contributed by atoms with Crippen molar-refractivity contribution in [3.05, 3.63) is 18.0 Å². The number of nitrogens with one attached hydrogen (secondary N) is 2. The lowest BCUT2D eigenvalue weighted by atomic mass is 9.98. The van der Waals surface area contributed by atoms with Crippen LogP contribution >= 0.6 is 0 Å². The SMILES string of the molecule is CNCC1CCCN(C(=O)c2ccn[nH]2)C1. The number of rotatable bonds is 3. The van der Waals surface area contributed by atoms with Crippen molar-refractivity contribution in [2.45, 2.75) is 12.8 Å². The predicted molar refractivity (Wildman–Crippen MR) is 61.1 cm³/mol. The molecule has 1 saturated heterocycles. The summed E-state index contributed by atoms with van der Waals surface area (Å²) in [6, 6.07) is 1.73. The molecule has 0 bridgehead atoms. The Morgan fingerprint density at radius 3 is 3.31 bits per heavy atom. The van der Waals surface area contributed by atoms with E-state index in [1.807, 2.05) is 11.9 Å². The molecular weight excluding hydrogens is 204 g/mol. The number of carbonyl (C=O) groups is 1. The highest BCUT2D eigenvalue weighted by atomic mass is 16.2. The number of hydrogen-bond acceptors (Lipinski definition) is 3. The van der Waals surface area contributed by atoms with E-state index in [0.29, 0.717) is 11.6 Å². The standard InChI is InChI=1S/C11H18N4O/c1-12-7-9-3-2-6-15(8-9)11(16)10-4-5-13-14-10/h4-5,9,12H,2-3,6-8H2,1H3,(H,13,14). The second kappa shape index (κ2) is 5.12. The summed E-state index contributed by atoms with van der Waals surface area (Å²) in [5.41, 5.74) is 0.588. The molecule has 1 aliphatic rings. The molecule has 5 heteroatoms. The van der Waals surface area contributed by atoms with E-state index in [9.17, 15) is 4.79 Å². The minimum absolute atomic E-state index is 0.0679. The number of carbonyl (C=O) groups excluding carboxylic acids is 1. The molecule has 1 fully saturated rings. The number of likely N-dealkylation sites (tertiary alicyclic amines) is 1. The average Bonchev–Trinajstić information content (AvgIpc) is 2.82. The van der Waals surface area contributed by atoms with Crippen LogP contribution in [0.25, 0.3) is 0 Å². The minimum Gasteiger partial charge on any atom is -0.337 e. The maximum absolute atomic E-state index is 12.0. The first kappa shape index (κ1) is 11.1. The largest absolute Gasteiger partial charge is 0.337 e. The molecule has 1 unspecified atom stereocenters. The van der Waals surface area contributed by atoms with E-state index in [2.05, 4.69) is 15.5 Å². The van der Waals surface area contributed by atoms with Gasteiger partial charge in [-0.15, -0.1) is 0 Å². The highest BCUT2D eigenvalue weighted by Gasteiger charge is 2.24. The zero-order chi connectivity index (χ0) is 11.4. The van der Waals surface area contributed by atoms with Crippen LogP contribution in [0.2, 0.25) is 0 Å². The Balaban J connectivity index is 1.96. The Kier molecular flexibility index (Phi) is 3.56. The predicted octanol–water partition coefficient (Wildman–Crippen LogP) is 0.481. The van der Waals surface area contributed by atoms with Crippen molar-refractivity contribution in [3.63, 3.8) is 0 Å². The maximum atomic E-state index is 12.0. The van der Waals surface area contributed by atoms with Gasteiger partial charge >= 0.3 is 0 Å². The molecule has 2 rings (SSSR count). The second-order valence-electron chi connectivity index (χ2n) is 4.29. The van der Waals surface area contributed by atoms with Gasteiger partial charge in [0.2, 0.25) is 0 Å². The molecule has 5 nitrogen and oxygen atoms in total. The van der Waals surface area contributed by atoms with Crippen molar-refractivity contribution in [2.24, 2.45) is 5.92 Å². The normalized spacial score (nSPS) is 21.1. The molecular formula is C11H18N4O. The second-order valence-corrected chi connectivity index (χ2v) is 4.29. The van der Waals surface area contributed by atoms with Crippen LogP contribution in [0.1, 0.15) is 23.3 Å². The number of hydrogen-bond donors (Lipinski definition) is 2. The number of aromatic amines is 1. The Morgan fingerprint density at radius 2 is 2.62 bits per heavy atom. The molecule has 0 saturated carbocycles. The van der Waals surface area contributed by atoms with Gasteiger partial charge in [0.15, 0.2) is 0 Å². The van der Waals surface area contributed by atoms with Gasteiger partial charge in [0.05, 0.1) is 0 Å². The van der Waals surface area contributed by atoms with Crippen molar-refractivity contribution in [1.29, 1.82) is 0 Å². The summed E-state index contributed by atoms with van der Waals surface area (Å²) >= 11 is 0. The Bertz CT molecular complexity index is 334. The molecule has 1 aliphatic heterocycles. The summed E-state index contributed by atoms with van der Waals surface area (Å²) in [5.74, 6) is 0.643. The quantitative estimate of drug-likeness (QED) is 0.782. The smallest absolute Gasteiger partial charge is 0.271 e. The highest BCUT2D eigenvalue weighted by molar-refractivity contribution is 5.92. The molecule has 1 atom stereocenters. The molecule has 1 aromatic heterocycles. The van der Waals surface area contributed by atoms with Gasteiger partial charge in [-0.2, -0.15) is 5.10 Å². The van der Waals surface area contributed by atoms with Crippen molar-refractivity contribution >= 4 is 5.91 Å². The molecule has 88 valence electrons. The van der Waals surface area contributed by atoms with Gasteiger partial charge in [-0.05, 0) is 38.4 Å². The van der Waals surface area contributed by atoms with Crippen LogP contribution in [0, 0.1) is 5.92 Å². The van der Waals surface area contributed by atoms with Crippen molar-refractivity contribution < 1.29 is 4.79 Å². The van der Waals surface area contributed by atoms with E-state index in [0.717, 1.165) is 26.1 Å². The summed E-state index contributed by atoms with van der Waals surface area (Å²) in [4.78, 5) is 14.0. The van der Waals surface area contributed by atoms with E-state index >= 15 is 0 Å². The van der Waals surface area contributed by atoms with Crippen molar-refractivity contribution in [2.75, 3.05) is 26.7 Å². The molecule has 2 heterocycles. The third kappa shape index (κ3) is 2.41. The lowest BCUT2D eigenvalue weighted by molar-refractivity contribution is 0.0668. The van der Waals surface area contributed by atoms with Gasteiger partial charge in [0.1, 0.15) is 5.69 Å². The highest BCUT2D eigenvalue weighted by Crippen LogP contribution is 2.17. The summed E-state index contributed by atoms with van der Waals surface area (Å²) in [6.07, 6.45) is 3.90. The van der Waals surface area contributed by atoms with E-state index in [-0.39, 0.29) is 5.91 Å². The number of aromatic nitrogens is 2. The topological polar surface area (TPSA) is 61.0 Å². The lowest BCUT2D eigenvalue weighted by Gasteiger charge is -2.32. The van der Waals surface area contributed by atoms with Crippen molar-refractivity contribution in [1.82, 2.24) is 20.4 Å².